The second kappa shape index (κ2) is 2.10. The van der Waals surface area contributed by atoms with Gasteiger partial charge in [0.25, 0.3) is 0 Å². The molecule has 0 aliphatic carbocycles. The van der Waals surface area contributed by atoms with Gasteiger partial charge in [0.15, 0.2) is 5.58 Å². The first-order valence-electron chi connectivity index (χ1n) is 3.15. The van der Waals surface area contributed by atoms with Gasteiger partial charge < -0.3 is 4.52 Å². The van der Waals surface area contributed by atoms with Crippen LogP contribution in [0.2, 0.25) is 0 Å². The van der Waals surface area contributed by atoms with E-state index in [1.165, 1.54) is 0 Å². The number of fused-ring (bicyclic) bond motifs is 1. The van der Waals surface area contributed by atoms with Crippen LogP contribution in [0.3, 0.4) is 0 Å². The number of rotatable bonds is 0. The van der Waals surface area contributed by atoms with E-state index in [1.807, 2.05) is 6.07 Å². The summed E-state index contributed by atoms with van der Waals surface area (Å²) in [5.74, 6) is 0. The van der Waals surface area contributed by atoms with Crippen LogP contribution in [-0.2, 0) is 0 Å². The highest BCUT2D eigenvalue weighted by Crippen LogP contribution is 2.13. The monoisotopic (exact) mass is 144 g/mol. The van der Waals surface area contributed by atoms with Crippen molar-refractivity contribution in [2.45, 2.75) is 0 Å². The molecule has 1 aromatic carbocycles. The van der Waals surface area contributed by atoms with Gasteiger partial charge in [0.1, 0.15) is 0 Å². The summed E-state index contributed by atoms with van der Waals surface area (Å²) in [7, 11) is 0. The maximum Gasteiger partial charge on any atom is 0.166 e. The lowest BCUT2D eigenvalue weighted by Gasteiger charge is -1.85. The van der Waals surface area contributed by atoms with E-state index >= 15 is 0 Å². The highest BCUT2D eigenvalue weighted by Gasteiger charge is 1.97. The second-order valence-corrected chi connectivity index (χ2v) is 2.19. The Labute approximate surface area is 62.8 Å². The molecule has 3 nitrogen and oxygen atoms in total. The lowest BCUT2D eigenvalue weighted by Crippen LogP contribution is -1.70. The average Bonchev–Trinajstić information content (AvgIpc) is 2.50. The molecule has 0 amide bonds. The largest absolute Gasteiger partial charge is 0.356 e. The number of hydrogen-bond donors (Lipinski definition) is 0. The van der Waals surface area contributed by atoms with Crippen molar-refractivity contribution >= 4 is 11.0 Å². The van der Waals surface area contributed by atoms with Gasteiger partial charge in [0, 0.05) is 5.39 Å². The maximum absolute atomic E-state index is 8.53. The Morgan fingerprint density at radius 2 is 2.36 bits per heavy atom. The SMILES string of the molecule is N#Cc1ccc2oncc2c1. The molecule has 0 unspecified atom stereocenters. The fourth-order valence-electron chi connectivity index (χ4n) is 0.942. The quantitative estimate of drug-likeness (QED) is 0.565. The molecule has 1 heterocycles. The van der Waals surface area contributed by atoms with E-state index in [2.05, 4.69) is 5.16 Å². The van der Waals surface area contributed by atoms with Gasteiger partial charge in [0.2, 0.25) is 0 Å². The lowest BCUT2D eigenvalue weighted by atomic mass is 10.2. The van der Waals surface area contributed by atoms with Gasteiger partial charge in [-0.1, -0.05) is 5.16 Å². The normalized spacial score (nSPS) is 9.73. The Morgan fingerprint density at radius 1 is 1.45 bits per heavy atom. The zero-order chi connectivity index (χ0) is 7.68. The fraction of sp³-hybridized carbons (Fsp3) is 0. The molecule has 0 spiro atoms. The Bertz CT molecular complexity index is 425. The van der Waals surface area contributed by atoms with E-state index in [-0.39, 0.29) is 0 Å². The van der Waals surface area contributed by atoms with Crippen LogP contribution in [0.1, 0.15) is 5.56 Å². The van der Waals surface area contributed by atoms with Crippen LogP contribution in [-0.4, -0.2) is 5.16 Å². The Balaban J connectivity index is 2.79. The minimum atomic E-state index is 0.626. The molecule has 0 atom stereocenters. The number of aromatic nitrogens is 1. The van der Waals surface area contributed by atoms with Crippen molar-refractivity contribution in [1.29, 1.82) is 5.26 Å². The van der Waals surface area contributed by atoms with Crippen molar-refractivity contribution in [3.05, 3.63) is 30.0 Å². The highest BCUT2D eigenvalue weighted by atomic mass is 16.5. The average molecular weight is 144 g/mol. The zero-order valence-corrected chi connectivity index (χ0v) is 5.61. The van der Waals surface area contributed by atoms with Crippen LogP contribution in [0.5, 0.6) is 0 Å². The molecule has 0 aliphatic rings. The molecular formula is C8H4N2O. The smallest absolute Gasteiger partial charge is 0.166 e. The summed E-state index contributed by atoms with van der Waals surface area (Å²) in [6.45, 7) is 0. The van der Waals surface area contributed by atoms with Gasteiger partial charge in [0.05, 0.1) is 17.8 Å². The van der Waals surface area contributed by atoms with E-state index < -0.39 is 0 Å². The van der Waals surface area contributed by atoms with E-state index in [9.17, 15) is 0 Å². The summed E-state index contributed by atoms with van der Waals surface area (Å²) in [4.78, 5) is 0. The van der Waals surface area contributed by atoms with E-state index in [4.69, 9.17) is 9.78 Å². The second-order valence-electron chi connectivity index (χ2n) is 2.19. The van der Waals surface area contributed by atoms with E-state index in [1.54, 1.807) is 24.4 Å². The molecule has 52 valence electrons. The van der Waals surface area contributed by atoms with Crippen molar-refractivity contribution in [3.63, 3.8) is 0 Å². The Morgan fingerprint density at radius 3 is 3.18 bits per heavy atom. The molecule has 3 heteroatoms. The van der Waals surface area contributed by atoms with Gasteiger partial charge >= 0.3 is 0 Å². The third-order valence-corrected chi connectivity index (χ3v) is 1.48. The number of nitriles is 1. The fourth-order valence-corrected chi connectivity index (χ4v) is 0.942. The molecule has 0 saturated heterocycles. The highest BCUT2D eigenvalue weighted by molar-refractivity contribution is 5.77. The topological polar surface area (TPSA) is 49.8 Å². The van der Waals surface area contributed by atoms with Gasteiger partial charge in [-0.15, -0.1) is 0 Å². The summed E-state index contributed by atoms with van der Waals surface area (Å²) in [6.07, 6.45) is 1.59. The molecular weight excluding hydrogens is 140 g/mol. The minimum absolute atomic E-state index is 0.626. The molecule has 0 bridgehead atoms. The predicted molar refractivity (Wildman–Crippen MR) is 38.7 cm³/mol. The molecule has 0 fully saturated rings. The minimum Gasteiger partial charge on any atom is -0.356 e. The van der Waals surface area contributed by atoms with Gasteiger partial charge in [-0.05, 0) is 18.2 Å². The van der Waals surface area contributed by atoms with Crippen LogP contribution in [0.4, 0.5) is 0 Å². The van der Waals surface area contributed by atoms with Crippen molar-refractivity contribution in [3.8, 4) is 6.07 Å². The molecule has 11 heavy (non-hydrogen) atoms. The van der Waals surface area contributed by atoms with Crippen LogP contribution >= 0.6 is 0 Å². The lowest BCUT2D eigenvalue weighted by molar-refractivity contribution is 0.456. The van der Waals surface area contributed by atoms with Gasteiger partial charge in [-0.2, -0.15) is 5.26 Å². The molecule has 0 aliphatic heterocycles. The zero-order valence-electron chi connectivity index (χ0n) is 5.61. The van der Waals surface area contributed by atoms with Crippen molar-refractivity contribution < 1.29 is 4.52 Å². The third-order valence-electron chi connectivity index (χ3n) is 1.48. The maximum atomic E-state index is 8.53. The van der Waals surface area contributed by atoms with Crippen molar-refractivity contribution in [2.24, 2.45) is 0 Å². The predicted octanol–water partition coefficient (Wildman–Crippen LogP) is 1.70. The Kier molecular flexibility index (Phi) is 1.13. The molecule has 2 aromatic rings. The summed E-state index contributed by atoms with van der Waals surface area (Å²) >= 11 is 0. The first-order valence-corrected chi connectivity index (χ1v) is 3.15. The molecule has 0 N–H and O–H groups in total. The van der Waals surface area contributed by atoms with E-state index in [0.717, 1.165) is 5.39 Å². The van der Waals surface area contributed by atoms with Crippen LogP contribution in [0.15, 0.2) is 28.9 Å². The molecule has 0 radical (unpaired) electrons. The first kappa shape index (κ1) is 5.93. The van der Waals surface area contributed by atoms with Crippen LogP contribution in [0.25, 0.3) is 11.0 Å². The number of nitrogens with zero attached hydrogens (tertiary/aromatic N) is 2. The Hall–Kier alpha value is -1.82. The van der Waals surface area contributed by atoms with Gasteiger partial charge in [-0.3, -0.25) is 0 Å². The molecule has 0 saturated carbocycles. The number of benzene rings is 1. The molecule has 1 aromatic heterocycles. The van der Waals surface area contributed by atoms with E-state index in [0.29, 0.717) is 11.1 Å². The van der Waals surface area contributed by atoms with Gasteiger partial charge in [-0.25, -0.2) is 0 Å². The number of hydrogen-bond acceptors (Lipinski definition) is 3. The van der Waals surface area contributed by atoms with Crippen molar-refractivity contribution in [1.82, 2.24) is 5.16 Å². The summed E-state index contributed by atoms with van der Waals surface area (Å²) < 4.78 is 4.86. The standard InChI is InChI=1S/C8H4N2O/c9-4-6-1-2-8-7(3-6)5-10-11-8/h1-3,5H. The first-order chi connectivity index (χ1) is 5.40. The summed E-state index contributed by atoms with van der Waals surface area (Å²) in [6, 6.07) is 7.22. The third kappa shape index (κ3) is 0.849. The summed E-state index contributed by atoms with van der Waals surface area (Å²) in [5.41, 5.74) is 1.34. The summed E-state index contributed by atoms with van der Waals surface area (Å²) in [5, 5.41) is 13.0. The van der Waals surface area contributed by atoms with Crippen molar-refractivity contribution in [2.75, 3.05) is 0 Å². The molecule has 2 rings (SSSR count). The van der Waals surface area contributed by atoms with Crippen LogP contribution in [0, 0.1) is 11.3 Å². The van der Waals surface area contributed by atoms with Crippen LogP contribution < -0.4 is 0 Å².